The quantitative estimate of drug-likeness (QED) is 0.655. The van der Waals surface area contributed by atoms with Gasteiger partial charge in [0.2, 0.25) is 0 Å². The standard InChI is InChI=1S/C12H12N2O2S/c1-7-10(12(15)16-2)14-11(17-7)8-5-3-4-6-9(8)13/h3-6H,13H2,1-2H3. The number of aryl methyl sites for hydroxylation is 1. The molecule has 88 valence electrons. The highest BCUT2D eigenvalue weighted by Gasteiger charge is 2.17. The summed E-state index contributed by atoms with van der Waals surface area (Å²) < 4.78 is 4.67. The predicted octanol–water partition coefficient (Wildman–Crippen LogP) is 2.49. The fourth-order valence-corrected chi connectivity index (χ4v) is 2.44. The van der Waals surface area contributed by atoms with Gasteiger partial charge < -0.3 is 10.5 Å². The molecule has 0 aliphatic heterocycles. The second-order valence-corrected chi connectivity index (χ2v) is 4.71. The number of nitrogen functional groups attached to an aromatic ring is 1. The number of thiazole rings is 1. The highest BCUT2D eigenvalue weighted by molar-refractivity contribution is 7.15. The number of benzene rings is 1. The van der Waals surface area contributed by atoms with Crippen LogP contribution in [0.2, 0.25) is 0 Å². The molecular formula is C12H12N2O2S. The number of nitrogens with two attached hydrogens (primary N) is 1. The Morgan fingerprint density at radius 3 is 2.76 bits per heavy atom. The number of esters is 1. The Morgan fingerprint density at radius 2 is 2.12 bits per heavy atom. The van der Waals surface area contributed by atoms with Crippen molar-refractivity contribution < 1.29 is 9.53 Å². The first-order valence-corrected chi connectivity index (χ1v) is 5.85. The minimum absolute atomic E-state index is 0.357. The molecule has 0 atom stereocenters. The maximum Gasteiger partial charge on any atom is 0.357 e. The molecule has 2 rings (SSSR count). The summed E-state index contributed by atoms with van der Waals surface area (Å²) in [7, 11) is 1.34. The lowest BCUT2D eigenvalue weighted by Crippen LogP contribution is -2.03. The van der Waals surface area contributed by atoms with Gasteiger partial charge in [0.15, 0.2) is 5.69 Å². The third-order valence-corrected chi connectivity index (χ3v) is 3.37. The fraction of sp³-hybridized carbons (Fsp3) is 0.167. The Hall–Kier alpha value is -1.88. The lowest BCUT2D eigenvalue weighted by atomic mass is 10.2. The number of carbonyl (C=O) groups excluding carboxylic acids is 1. The lowest BCUT2D eigenvalue weighted by molar-refractivity contribution is 0.0594. The van der Waals surface area contributed by atoms with Gasteiger partial charge in [0.25, 0.3) is 0 Å². The maximum atomic E-state index is 11.5. The van der Waals surface area contributed by atoms with Crippen molar-refractivity contribution >= 4 is 23.0 Å². The summed E-state index contributed by atoms with van der Waals surface area (Å²) in [5.41, 5.74) is 7.72. The van der Waals surface area contributed by atoms with E-state index in [9.17, 15) is 4.79 Å². The van der Waals surface area contributed by atoms with Gasteiger partial charge >= 0.3 is 5.97 Å². The van der Waals surface area contributed by atoms with Crippen molar-refractivity contribution in [3.63, 3.8) is 0 Å². The van der Waals surface area contributed by atoms with E-state index in [1.54, 1.807) is 0 Å². The topological polar surface area (TPSA) is 65.2 Å². The molecule has 4 nitrogen and oxygen atoms in total. The summed E-state index contributed by atoms with van der Waals surface area (Å²) in [5, 5.41) is 0.737. The third-order valence-electron chi connectivity index (χ3n) is 2.37. The van der Waals surface area contributed by atoms with E-state index in [-0.39, 0.29) is 0 Å². The van der Waals surface area contributed by atoms with Crippen molar-refractivity contribution in [3.05, 3.63) is 34.8 Å². The van der Waals surface area contributed by atoms with E-state index in [0.717, 1.165) is 15.4 Å². The van der Waals surface area contributed by atoms with E-state index >= 15 is 0 Å². The molecule has 0 saturated carbocycles. The van der Waals surface area contributed by atoms with E-state index in [1.807, 2.05) is 31.2 Å². The second kappa shape index (κ2) is 4.55. The predicted molar refractivity (Wildman–Crippen MR) is 68.0 cm³/mol. The van der Waals surface area contributed by atoms with Crippen molar-refractivity contribution in [2.24, 2.45) is 0 Å². The van der Waals surface area contributed by atoms with Crippen molar-refractivity contribution in [2.75, 3.05) is 12.8 Å². The third kappa shape index (κ3) is 2.14. The number of carbonyl (C=O) groups is 1. The molecule has 1 aromatic heterocycles. The largest absolute Gasteiger partial charge is 0.464 e. The number of rotatable bonds is 2. The van der Waals surface area contributed by atoms with Crippen LogP contribution in [0.15, 0.2) is 24.3 Å². The van der Waals surface area contributed by atoms with Crippen LogP contribution < -0.4 is 5.73 Å². The minimum atomic E-state index is -0.417. The van der Waals surface area contributed by atoms with Gasteiger partial charge in [0.1, 0.15) is 5.01 Å². The average molecular weight is 248 g/mol. The molecule has 1 aromatic carbocycles. The number of aromatic nitrogens is 1. The summed E-state index contributed by atoms with van der Waals surface area (Å²) in [6.45, 7) is 1.84. The summed E-state index contributed by atoms with van der Waals surface area (Å²) >= 11 is 1.43. The highest BCUT2D eigenvalue weighted by Crippen LogP contribution is 2.31. The summed E-state index contributed by atoms with van der Waals surface area (Å²) in [5.74, 6) is -0.417. The van der Waals surface area contributed by atoms with Gasteiger partial charge in [-0.2, -0.15) is 0 Å². The van der Waals surface area contributed by atoms with Crippen LogP contribution in [0.3, 0.4) is 0 Å². The molecule has 5 heteroatoms. The SMILES string of the molecule is COC(=O)c1nc(-c2ccccc2N)sc1C. The highest BCUT2D eigenvalue weighted by atomic mass is 32.1. The van der Waals surface area contributed by atoms with Gasteiger partial charge in [-0.1, -0.05) is 12.1 Å². The van der Waals surface area contributed by atoms with Crippen molar-refractivity contribution in [1.29, 1.82) is 0 Å². The number of anilines is 1. The molecule has 0 unspecified atom stereocenters. The molecule has 0 aliphatic rings. The van der Waals surface area contributed by atoms with Crippen LogP contribution in [-0.2, 0) is 4.74 Å². The first-order valence-electron chi connectivity index (χ1n) is 5.04. The number of hydrogen-bond donors (Lipinski definition) is 1. The number of ether oxygens (including phenoxy) is 1. The normalized spacial score (nSPS) is 10.2. The number of methoxy groups -OCH3 is 1. The molecule has 0 fully saturated rings. The fourth-order valence-electron chi connectivity index (χ4n) is 1.49. The Bertz CT molecular complexity index is 563. The molecule has 0 spiro atoms. The van der Waals surface area contributed by atoms with Crippen molar-refractivity contribution in [3.8, 4) is 10.6 Å². The molecule has 0 aliphatic carbocycles. The lowest BCUT2D eigenvalue weighted by Gasteiger charge is -1.99. The Kier molecular flexibility index (Phi) is 3.10. The molecule has 0 saturated heterocycles. The zero-order valence-electron chi connectivity index (χ0n) is 9.56. The first kappa shape index (κ1) is 11.6. The van der Waals surface area contributed by atoms with Crippen LogP contribution in [0.25, 0.3) is 10.6 Å². The van der Waals surface area contributed by atoms with Crippen LogP contribution in [0.4, 0.5) is 5.69 Å². The van der Waals surface area contributed by atoms with E-state index in [0.29, 0.717) is 11.4 Å². The smallest absolute Gasteiger partial charge is 0.357 e. The zero-order valence-corrected chi connectivity index (χ0v) is 10.4. The Labute approximate surface area is 103 Å². The molecule has 0 radical (unpaired) electrons. The number of para-hydroxylation sites is 1. The van der Waals surface area contributed by atoms with Crippen LogP contribution in [0.1, 0.15) is 15.4 Å². The summed E-state index contributed by atoms with van der Waals surface area (Å²) in [6, 6.07) is 7.44. The minimum Gasteiger partial charge on any atom is -0.464 e. The van der Waals surface area contributed by atoms with Gasteiger partial charge in [0.05, 0.1) is 7.11 Å². The molecule has 2 N–H and O–H groups in total. The van der Waals surface area contributed by atoms with E-state index in [2.05, 4.69) is 9.72 Å². The maximum absolute atomic E-state index is 11.5. The monoisotopic (exact) mass is 248 g/mol. The van der Waals surface area contributed by atoms with Gasteiger partial charge in [0, 0.05) is 16.1 Å². The van der Waals surface area contributed by atoms with Crippen LogP contribution in [0.5, 0.6) is 0 Å². The number of nitrogens with zero attached hydrogens (tertiary/aromatic N) is 1. The Morgan fingerprint density at radius 1 is 1.41 bits per heavy atom. The van der Waals surface area contributed by atoms with Crippen molar-refractivity contribution in [1.82, 2.24) is 4.98 Å². The summed E-state index contributed by atoms with van der Waals surface area (Å²) in [6.07, 6.45) is 0. The van der Waals surface area contributed by atoms with Gasteiger partial charge in [-0.25, -0.2) is 9.78 Å². The number of hydrogen-bond acceptors (Lipinski definition) is 5. The Balaban J connectivity index is 2.49. The molecule has 17 heavy (non-hydrogen) atoms. The summed E-state index contributed by atoms with van der Waals surface area (Å²) in [4.78, 5) is 16.6. The van der Waals surface area contributed by atoms with Gasteiger partial charge in [-0.05, 0) is 19.1 Å². The molecule has 2 aromatic rings. The molecule has 0 amide bonds. The van der Waals surface area contributed by atoms with Crippen LogP contribution >= 0.6 is 11.3 Å². The van der Waals surface area contributed by atoms with Gasteiger partial charge in [-0.3, -0.25) is 0 Å². The van der Waals surface area contributed by atoms with Gasteiger partial charge in [-0.15, -0.1) is 11.3 Å². The van der Waals surface area contributed by atoms with Crippen molar-refractivity contribution in [2.45, 2.75) is 6.92 Å². The van der Waals surface area contributed by atoms with E-state index < -0.39 is 5.97 Å². The first-order chi connectivity index (χ1) is 8.13. The molecule has 0 bridgehead atoms. The van der Waals surface area contributed by atoms with Crippen LogP contribution in [0, 0.1) is 6.92 Å². The average Bonchev–Trinajstić information content (AvgIpc) is 2.71. The second-order valence-electron chi connectivity index (χ2n) is 3.50. The zero-order chi connectivity index (χ0) is 12.4. The van der Waals surface area contributed by atoms with E-state index in [1.165, 1.54) is 18.4 Å². The van der Waals surface area contributed by atoms with Crippen LogP contribution in [-0.4, -0.2) is 18.1 Å². The van der Waals surface area contributed by atoms with E-state index in [4.69, 9.17) is 5.73 Å². The molecular weight excluding hydrogens is 236 g/mol. The molecule has 1 heterocycles.